The van der Waals surface area contributed by atoms with Crippen LogP contribution in [0.3, 0.4) is 0 Å². The molecule has 1 amide bonds. The second kappa shape index (κ2) is 2.52. The summed E-state index contributed by atoms with van der Waals surface area (Å²) in [6.45, 7) is 1.75. The lowest BCUT2D eigenvalue weighted by Gasteiger charge is -2.16. The van der Waals surface area contributed by atoms with Gasteiger partial charge in [-0.1, -0.05) is 0 Å². The van der Waals surface area contributed by atoms with E-state index in [1.807, 2.05) is 6.07 Å². The molecule has 0 aliphatic carbocycles. The Kier molecular flexibility index (Phi) is 1.49. The van der Waals surface area contributed by atoms with Gasteiger partial charge in [-0.15, -0.1) is 0 Å². The van der Waals surface area contributed by atoms with Crippen LogP contribution >= 0.6 is 0 Å². The fraction of sp³-hybridized carbons (Fsp3) is 0.250. The van der Waals surface area contributed by atoms with Crippen LogP contribution in [0.1, 0.15) is 6.92 Å². The Morgan fingerprint density at radius 1 is 1.62 bits per heavy atom. The van der Waals surface area contributed by atoms with E-state index in [2.05, 4.69) is 15.3 Å². The molecule has 0 bridgehead atoms. The van der Waals surface area contributed by atoms with E-state index in [-0.39, 0.29) is 17.8 Å². The number of nitrogens with zero attached hydrogens (tertiary/aromatic N) is 3. The average molecular weight is 174 g/mol. The van der Waals surface area contributed by atoms with Crippen molar-refractivity contribution in [3.05, 3.63) is 11.8 Å². The summed E-state index contributed by atoms with van der Waals surface area (Å²) in [6, 6.07) is 1.94. The quantitative estimate of drug-likeness (QED) is 0.550. The molecule has 64 valence electrons. The van der Waals surface area contributed by atoms with Gasteiger partial charge in [-0.3, -0.25) is 9.79 Å². The zero-order valence-electron chi connectivity index (χ0n) is 6.90. The first-order chi connectivity index (χ1) is 6.22. The van der Waals surface area contributed by atoms with E-state index in [0.29, 0.717) is 11.3 Å². The molecule has 5 nitrogen and oxygen atoms in total. The van der Waals surface area contributed by atoms with Crippen molar-refractivity contribution >= 4 is 17.3 Å². The van der Waals surface area contributed by atoms with Crippen LogP contribution in [0.25, 0.3) is 0 Å². The number of aliphatic imine (C=N–C) groups is 2. The molecule has 2 rings (SSSR count). The number of carbonyl (C=O) groups excluding carboxylic acids is 1. The van der Waals surface area contributed by atoms with Crippen molar-refractivity contribution in [2.24, 2.45) is 9.98 Å². The van der Waals surface area contributed by atoms with Crippen molar-refractivity contribution in [1.82, 2.24) is 5.32 Å². The Morgan fingerprint density at radius 2 is 2.38 bits per heavy atom. The summed E-state index contributed by atoms with van der Waals surface area (Å²) in [5.74, 6) is -0.265. The van der Waals surface area contributed by atoms with Gasteiger partial charge in [0.2, 0.25) is 0 Å². The topological polar surface area (TPSA) is 77.6 Å². The molecule has 0 aromatic rings. The molecule has 0 fully saturated rings. The van der Waals surface area contributed by atoms with Gasteiger partial charge >= 0.3 is 0 Å². The first-order valence-corrected chi connectivity index (χ1v) is 3.80. The molecule has 0 aromatic heterocycles. The minimum atomic E-state index is -0.281. The predicted octanol–water partition coefficient (Wildman–Crippen LogP) is -0.235. The standard InChI is InChI=1S/C8H6N4O/c1-4-11-6-5(2-9)3-10-7(6)8(13)12-4/h3-4H,1H3,(H,12,13). The maximum atomic E-state index is 11.3. The zero-order chi connectivity index (χ0) is 9.42. The Bertz CT molecular complexity index is 410. The molecule has 1 unspecified atom stereocenters. The molecule has 5 heteroatoms. The minimum Gasteiger partial charge on any atom is -0.329 e. The van der Waals surface area contributed by atoms with Crippen molar-refractivity contribution in [3.63, 3.8) is 0 Å². The first kappa shape index (κ1) is 7.68. The maximum Gasteiger partial charge on any atom is 0.273 e. The Hall–Kier alpha value is -1.96. The van der Waals surface area contributed by atoms with Crippen molar-refractivity contribution < 1.29 is 4.79 Å². The van der Waals surface area contributed by atoms with Gasteiger partial charge in [0.05, 0.1) is 5.57 Å². The third-order valence-electron chi connectivity index (χ3n) is 1.80. The fourth-order valence-corrected chi connectivity index (χ4v) is 1.24. The van der Waals surface area contributed by atoms with Gasteiger partial charge in [0.25, 0.3) is 5.91 Å². The summed E-state index contributed by atoms with van der Waals surface area (Å²) >= 11 is 0. The smallest absolute Gasteiger partial charge is 0.273 e. The number of nitrogens with one attached hydrogen (secondary N) is 1. The van der Waals surface area contributed by atoms with Gasteiger partial charge in [0, 0.05) is 6.20 Å². The summed E-state index contributed by atoms with van der Waals surface area (Å²) in [7, 11) is 0. The number of allylic oxidation sites excluding steroid dienone is 1. The van der Waals surface area contributed by atoms with Crippen LogP contribution in [-0.2, 0) is 4.79 Å². The number of carbonyl (C=O) groups is 1. The van der Waals surface area contributed by atoms with Crippen LogP contribution in [0, 0.1) is 11.3 Å². The fourth-order valence-electron chi connectivity index (χ4n) is 1.24. The molecule has 1 N–H and O–H groups in total. The molecule has 2 aliphatic heterocycles. The largest absolute Gasteiger partial charge is 0.329 e. The third kappa shape index (κ3) is 1.04. The Balaban J connectivity index is 2.47. The van der Waals surface area contributed by atoms with E-state index >= 15 is 0 Å². The van der Waals surface area contributed by atoms with Gasteiger partial charge in [-0.05, 0) is 6.92 Å². The Labute approximate surface area is 74.5 Å². The van der Waals surface area contributed by atoms with Crippen LogP contribution in [-0.4, -0.2) is 23.5 Å². The first-order valence-electron chi connectivity index (χ1n) is 3.80. The maximum absolute atomic E-state index is 11.3. The summed E-state index contributed by atoms with van der Waals surface area (Å²) in [6.07, 6.45) is 1.09. The molecular weight excluding hydrogens is 168 g/mol. The second-order valence-electron chi connectivity index (χ2n) is 2.76. The lowest BCUT2D eigenvalue weighted by Crippen LogP contribution is -2.44. The highest BCUT2D eigenvalue weighted by molar-refractivity contribution is 6.72. The minimum absolute atomic E-state index is 0.245. The molecule has 2 heterocycles. The van der Waals surface area contributed by atoms with E-state index in [4.69, 9.17) is 5.26 Å². The van der Waals surface area contributed by atoms with Gasteiger partial charge in [0.15, 0.2) is 5.71 Å². The van der Waals surface area contributed by atoms with Crippen LogP contribution in [0.2, 0.25) is 0 Å². The molecule has 0 saturated heterocycles. The number of hydrogen-bond donors (Lipinski definition) is 1. The number of fused-ring (bicyclic) bond motifs is 1. The summed E-state index contributed by atoms with van der Waals surface area (Å²) in [5.41, 5.74) is 1.02. The number of nitriles is 1. The molecule has 0 aromatic carbocycles. The highest BCUT2D eigenvalue weighted by Crippen LogP contribution is 2.13. The summed E-state index contributed by atoms with van der Waals surface area (Å²) in [4.78, 5) is 19.2. The van der Waals surface area contributed by atoms with Crippen LogP contribution in [0.15, 0.2) is 21.8 Å². The van der Waals surface area contributed by atoms with E-state index in [1.54, 1.807) is 6.92 Å². The monoisotopic (exact) mass is 174 g/mol. The van der Waals surface area contributed by atoms with Crippen LogP contribution in [0.4, 0.5) is 0 Å². The SMILES string of the molecule is CC1N=C2C(C#N)=CN=C2C(=O)N1. The van der Waals surface area contributed by atoms with E-state index in [0.717, 1.165) is 0 Å². The highest BCUT2D eigenvalue weighted by Gasteiger charge is 2.30. The summed E-state index contributed by atoms with van der Waals surface area (Å²) < 4.78 is 0. The third-order valence-corrected chi connectivity index (χ3v) is 1.80. The average Bonchev–Trinajstić information content (AvgIpc) is 2.47. The van der Waals surface area contributed by atoms with Crippen molar-refractivity contribution in [3.8, 4) is 6.07 Å². The van der Waals surface area contributed by atoms with Crippen LogP contribution in [0.5, 0.6) is 0 Å². The normalized spacial score (nSPS) is 25.1. The predicted molar refractivity (Wildman–Crippen MR) is 46.2 cm³/mol. The van der Waals surface area contributed by atoms with E-state index in [1.165, 1.54) is 6.20 Å². The van der Waals surface area contributed by atoms with Gasteiger partial charge in [0.1, 0.15) is 17.9 Å². The number of amides is 1. The molecule has 0 radical (unpaired) electrons. The van der Waals surface area contributed by atoms with Gasteiger partial charge < -0.3 is 5.32 Å². The molecule has 2 aliphatic rings. The van der Waals surface area contributed by atoms with Crippen molar-refractivity contribution in [2.45, 2.75) is 13.1 Å². The molecule has 0 spiro atoms. The zero-order valence-corrected chi connectivity index (χ0v) is 6.90. The number of rotatable bonds is 0. The van der Waals surface area contributed by atoms with E-state index < -0.39 is 0 Å². The van der Waals surface area contributed by atoms with Crippen LogP contribution < -0.4 is 5.32 Å². The van der Waals surface area contributed by atoms with E-state index in [9.17, 15) is 4.79 Å². The second-order valence-corrected chi connectivity index (χ2v) is 2.76. The molecule has 0 saturated carbocycles. The molecule has 13 heavy (non-hydrogen) atoms. The molecule has 1 atom stereocenters. The lowest BCUT2D eigenvalue weighted by atomic mass is 10.1. The highest BCUT2D eigenvalue weighted by atomic mass is 16.2. The van der Waals surface area contributed by atoms with Crippen molar-refractivity contribution in [1.29, 1.82) is 5.26 Å². The number of hydrogen-bond acceptors (Lipinski definition) is 4. The van der Waals surface area contributed by atoms with Gasteiger partial charge in [-0.25, -0.2) is 4.99 Å². The van der Waals surface area contributed by atoms with Crippen molar-refractivity contribution in [2.75, 3.05) is 0 Å². The lowest BCUT2D eigenvalue weighted by molar-refractivity contribution is -0.115. The van der Waals surface area contributed by atoms with Gasteiger partial charge in [-0.2, -0.15) is 5.26 Å². The Morgan fingerprint density at radius 3 is 3.08 bits per heavy atom. The summed E-state index contributed by atoms with van der Waals surface area (Å²) in [5, 5.41) is 11.3. The molecular formula is C8H6N4O.